The Hall–Kier alpha value is -1.81. The van der Waals surface area contributed by atoms with Crippen LogP contribution >= 0.6 is 15.9 Å². The zero-order valence-corrected chi connectivity index (χ0v) is 10.9. The number of aromatic nitrogens is 1. The van der Waals surface area contributed by atoms with E-state index in [4.69, 9.17) is 4.74 Å². The summed E-state index contributed by atoms with van der Waals surface area (Å²) in [5.41, 5.74) is 0.846. The molecular weight excluding hydrogens is 297 g/mol. The molecule has 1 heterocycles. The zero-order chi connectivity index (χ0) is 12.5. The summed E-state index contributed by atoms with van der Waals surface area (Å²) in [6.45, 7) is 0. The highest BCUT2D eigenvalue weighted by molar-refractivity contribution is 9.10. The van der Waals surface area contributed by atoms with Crippen molar-refractivity contribution in [3.63, 3.8) is 0 Å². The molecule has 2 nitrogen and oxygen atoms in total. The van der Waals surface area contributed by atoms with Crippen LogP contribution in [0, 0.1) is 5.82 Å². The Balaban J connectivity index is 2.05. The number of hydrogen-bond donors (Lipinski definition) is 1. The van der Waals surface area contributed by atoms with Crippen molar-refractivity contribution in [2.24, 2.45) is 0 Å². The average Bonchev–Trinajstić information content (AvgIpc) is 2.75. The normalized spacial score (nSPS) is 10.8. The van der Waals surface area contributed by atoms with E-state index in [-0.39, 0.29) is 5.82 Å². The van der Waals surface area contributed by atoms with Gasteiger partial charge in [0, 0.05) is 17.1 Å². The summed E-state index contributed by atoms with van der Waals surface area (Å²) < 4.78 is 19.9. The summed E-state index contributed by atoms with van der Waals surface area (Å²) in [6, 6.07) is 12.1. The van der Waals surface area contributed by atoms with Crippen LogP contribution in [0.3, 0.4) is 0 Å². The molecule has 1 aromatic heterocycles. The lowest BCUT2D eigenvalue weighted by molar-refractivity contribution is 0.485. The number of ether oxygens (including phenoxy) is 1. The van der Waals surface area contributed by atoms with Crippen LogP contribution < -0.4 is 4.74 Å². The van der Waals surface area contributed by atoms with Crippen LogP contribution in [-0.4, -0.2) is 4.98 Å². The Morgan fingerprint density at radius 2 is 1.89 bits per heavy atom. The number of fused-ring (bicyclic) bond motifs is 1. The molecule has 4 heteroatoms. The van der Waals surface area contributed by atoms with Crippen molar-refractivity contribution < 1.29 is 9.13 Å². The highest BCUT2D eigenvalue weighted by Gasteiger charge is 2.08. The Labute approximate surface area is 112 Å². The lowest BCUT2D eigenvalue weighted by Gasteiger charge is -2.05. The third kappa shape index (κ3) is 1.99. The number of para-hydroxylation sites is 1. The number of benzene rings is 2. The minimum Gasteiger partial charge on any atom is -0.454 e. The highest BCUT2D eigenvalue weighted by Crippen LogP contribution is 2.33. The predicted molar refractivity (Wildman–Crippen MR) is 72.5 cm³/mol. The number of hydrogen-bond acceptors (Lipinski definition) is 1. The maximum absolute atomic E-state index is 13.2. The van der Waals surface area contributed by atoms with Crippen molar-refractivity contribution in [1.82, 2.24) is 4.98 Å². The number of H-pyrrole nitrogens is 1. The van der Waals surface area contributed by atoms with Gasteiger partial charge in [-0.2, -0.15) is 0 Å². The average molecular weight is 306 g/mol. The van der Waals surface area contributed by atoms with Gasteiger partial charge in [0.2, 0.25) is 0 Å². The number of rotatable bonds is 2. The summed E-state index contributed by atoms with van der Waals surface area (Å²) >= 11 is 3.41. The topological polar surface area (TPSA) is 25.0 Å². The molecule has 0 saturated heterocycles. The fraction of sp³-hybridized carbons (Fsp3) is 0. The first-order valence-corrected chi connectivity index (χ1v) is 6.22. The first-order chi connectivity index (χ1) is 8.74. The molecule has 2 aromatic carbocycles. The van der Waals surface area contributed by atoms with Gasteiger partial charge in [-0.05, 0) is 46.3 Å². The molecule has 3 rings (SSSR count). The van der Waals surface area contributed by atoms with Crippen molar-refractivity contribution in [1.29, 1.82) is 0 Å². The minimum atomic E-state index is -0.279. The smallest absolute Gasteiger partial charge is 0.152 e. The molecular formula is C14H9BrFNO. The Morgan fingerprint density at radius 3 is 2.72 bits per heavy atom. The van der Waals surface area contributed by atoms with Gasteiger partial charge >= 0.3 is 0 Å². The van der Waals surface area contributed by atoms with E-state index in [0.717, 1.165) is 15.4 Å². The molecule has 0 amide bonds. The molecule has 0 radical (unpaired) electrons. The van der Waals surface area contributed by atoms with Crippen molar-refractivity contribution >= 4 is 26.8 Å². The molecule has 0 unspecified atom stereocenters. The van der Waals surface area contributed by atoms with Crippen LogP contribution in [0.1, 0.15) is 0 Å². The standard InChI is InChI=1S/C14H9BrFNO/c15-11-3-1-2-4-13(11)18-14-8-17-12-6-5-9(16)7-10(12)14/h1-8,17H. The second kappa shape index (κ2) is 4.46. The summed E-state index contributed by atoms with van der Waals surface area (Å²) in [5, 5.41) is 0.728. The van der Waals surface area contributed by atoms with Crippen LogP contribution in [0.25, 0.3) is 10.9 Å². The summed E-state index contributed by atoms with van der Waals surface area (Å²) in [5.74, 6) is 1.03. The summed E-state index contributed by atoms with van der Waals surface area (Å²) in [7, 11) is 0. The monoisotopic (exact) mass is 305 g/mol. The first-order valence-electron chi connectivity index (χ1n) is 5.43. The molecule has 0 bridgehead atoms. The van der Waals surface area contributed by atoms with E-state index in [9.17, 15) is 4.39 Å². The largest absolute Gasteiger partial charge is 0.454 e. The van der Waals surface area contributed by atoms with Gasteiger partial charge in [0.05, 0.1) is 4.47 Å². The second-order valence-corrected chi connectivity index (χ2v) is 4.73. The molecule has 18 heavy (non-hydrogen) atoms. The molecule has 0 fully saturated rings. The minimum absolute atomic E-state index is 0.279. The van der Waals surface area contributed by atoms with E-state index >= 15 is 0 Å². The summed E-state index contributed by atoms with van der Waals surface area (Å²) in [6.07, 6.45) is 1.73. The molecule has 1 N–H and O–H groups in total. The van der Waals surface area contributed by atoms with Crippen molar-refractivity contribution in [3.8, 4) is 11.5 Å². The van der Waals surface area contributed by atoms with Crippen LogP contribution in [0.2, 0.25) is 0 Å². The molecule has 3 aromatic rings. The third-order valence-corrected chi connectivity index (χ3v) is 3.32. The van der Waals surface area contributed by atoms with Crippen LogP contribution in [0.5, 0.6) is 11.5 Å². The van der Waals surface area contributed by atoms with Gasteiger partial charge in [0.25, 0.3) is 0 Å². The Kier molecular flexibility index (Phi) is 2.80. The van der Waals surface area contributed by atoms with E-state index in [1.807, 2.05) is 24.3 Å². The summed E-state index contributed by atoms with van der Waals surface area (Å²) in [4.78, 5) is 3.05. The number of halogens is 2. The van der Waals surface area contributed by atoms with Gasteiger partial charge in [-0.3, -0.25) is 0 Å². The van der Waals surface area contributed by atoms with Gasteiger partial charge < -0.3 is 9.72 Å². The molecule has 0 aliphatic rings. The fourth-order valence-corrected chi connectivity index (χ4v) is 2.16. The van der Waals surface area contributed by atoms with E-state index in [1.165, 1.54) is 12.1 Å². The highest BCUT2D eigenvalue weighted by atomic mass is 79.9. The van der Waals surface area contributed by atoms with Crippen molar-refractivity contribution in [2.75, 3.05) is 0 Å². The molecule has 90 valence electrons. The Bertz CT molecular complexity index is 708. The van der Waals surface area contributed by atoms with E-state index in [1.54, 1.807) is 12.3 Å². The van der Waals surface area contributed by atoms with Gasteiger partial charge in [0.15, 0.2) is 5.75 Å². The maximum atomic E-state index is 13.2. The lowest BCUT2D eigenvalue weighted by atomic mass is 10.2. The van der Waals surface area contributed by atoms with Gasteiger partial charge in [-0.15, -0.1) is 0 Å². The van der Waals surface area contributed by atoms with Gasteiger partial charge in [0.1, 0.15) is 11.6 Å². The van der Waals surface area contributed by atoms with Crippen LogP contribution in [0.4, 0.5) is 4.39 Å². The maximum Gasteiger partial charge on any atom is 0.152 e. The van der Waals surface area contributed by atoms with Gasteiger partial charge in [-0.1, -0.05) is 12.1 Å². The molecule has 0 atom stereocenters. The van der Waals surface area contributed by atoms with E-state index in [2.05, 4.69) is 20.9 Å². The molecule has 0 aliphatic heterocycles. The SMILES string of the molecule is Fc1ccc2[nH]cc(Oc3ccccc3Br)c2c1. The molecule has 0 saturated carbocycles. The van der Waals surface area contributed by atoms with Crippen LogP contribution in [0.15, 0.2) is 53.1 Å². The van der Waals surface area contributed by atoms with Crippen LogP contribution in [-0.2, 0) is 0 Å². The van der Waals surface area contributed by atoms with E-state index < -0.39 is 0 Å². The predicted octanol–water partition coefficient (Wildman–Crippen LogP) is 4.86. The van der Waals surface area contributed by atoms with Crippen molar-refractivity contribution in [3.05, 3.63) is 59.0 Å². The molecule has 0 aliphatic carbocycles. The Morgan fingerprint density at radius 1 is 1.06 bits per heavy atom. The van der Waals surface area contributed by atoms with E-state index in [0.29, 0.717) is 11.5 Å². The molecule has 0 spiro atoms. The quantitative estimate of drug-likeness (QED) is 0.718. The number of nitrogens with one attached hydrogen (secondary N) is 1. The van der Waals surface area contributed by atoms with Gasteiger partial charge in [-0.25, -0.2) is 4.39 Å². The lowest BCUT2D eigenvalue weighted by Crippen LogP contribution is -1.84. The first kappa shape index (κ1) is 11.3. The number of aromatic amines is 1. The second-order valence-electron chi connectivity index (χ2n) is 3.88. The third-order valence-electron chi connectivity index (χ3n) is 2.66. The van der Waals surface area contributed by atoms with Crippen molar-refractivity contribution in [2.45, 2.75) is 0 Å². The fourth-order valence-electron chi connectivity index (χ4n) is 1.80. The zero-order valence-electron chi connectivity index (χ0n) is 9.28.